The van der Waals surface area contributed by atoms with Crippen molar-refractivity contribution in [2.75, 3.05) is 0 Å². The van der Waals surface area contributed by atoms with Crippen LogP contribution in [0.15, 0.2) is 48.5 Å². The highest BCUT2D eigenvalue weighted by Crippen LogP contribution is 2.29. The molecule has 4 N–H and O–H groups in total. The minimum absolute atomic E-state index is 0.0284. The number of nitrogens with two attached hydrogens (primary N) is 1. The van der Waals surface area contributed by atoms with Gasteiger partial charge in [0.2, 0.25) is 0 Å². The van der Waals surface area contributed by atoms with Gasteiger partial charge < -0.3 is 10.5 Å². The Hall–Kier alpha value is -1.59. The topological polar surface area (TPSA) is 59.3 Å². The highest BCUT2D eigenvalue weighted by Gasteiger charge is 2.24. The van der Waals surface area contributed by atoms with Crippen molar-refractivity contribution in [3.63, 3.8) is 0 Å². The molecule has 4 nitrogen and oxygen atoms in total. The molecule has 1 aliphatic rings. The lowest BCUT2D eigenvalue weighted by Gasteiger charge is -2.16. The van der Waals surface area contributed by atoms with E-state index in [0.29, 0.717) is 6.61 Å². The summed E-state index contributed by atoms with van der Waals surface area (Å²) in [7, 11) is 0. The Morgan fingerprint density at radius 3 is 2.57 bits per heavy atom. The molecule has 2 aromatic rings. The lowest BCUT2D eigenvalue weighted by molar-refractivity contribution is 0.299. The molecule has 5 heteroatoms. The average molecular weight is 304 g/mol. The molecule has 3 rings (SSSR count). The van der Waals surface area contributed by atoms with Crippen LogP contribution in [0.25, 0.3) is 0 Å². The van der Waals surface area contributed by atoms with Gasteiger partial charge in [0, 0.05) is 10.6 Å². The van der Waals surface area contributed by atoms with Crippen LogP contribution in [-0.2, 0) is 6.61 Å². The van der Waals surface area contributed by atoms with Crippen molar-refractivity contribution in [3.05, 3.63) is 64.7 Å². The summed E-state index contributed by atoms with van der Waals surface area (Å²) in [5.74, 6) is 0.876. The maximum absolute atomic E-state index is 5.96. The fourth-order valence-electron chi connectivity index (χ4n) is 2.43. The second kappa shape index (κ2) is 6.45. The van der Waals surface area contributed by atoms with E-state index in [0.717, 1.165) is 28.3 Å². The number of nitrogens with one attached hydrogen (secondary N) is 2. The van der Waals surface area contributed by atoms with E-state index < -0.39 is 0 Å². The van der Waals surface area contributed by atoms with Crippen molar-refractivity contribution >= 4 is 11.6 Å². The maximum atomic E-state index is 5.96. The first-order valence-electron chi connectivity index (χ1n) is 6.95. The largest absolute Gasteiger partial charge is 0.489 e. The monoisotopic (exact) mass is 303 g/mol. The summed E-state index contributed by atoms with van der Waals surface area (Å²) in [6.07, 6.45) is 0.806. The van der Waals surface area contributed by atoms with Crippen molar-refractivity contribution < 1.29 is 4.74 Å². The van der Waals surface area contributed by atoms with Gasteiger partial charge in [-0.1, -0.05) is 41.9 Å². The third kappa shape index (κ3) is 3.54. The molecule has 1 fully saturated rings. The standard InChI is InChI=1S/C16H18ClN3O/c17-12-7-5-11(6-8-12)10-21-15-4-2-1-3-13(15)14-9-16(18)20-19-14/h1-8,14,16,19-20H,9-10,18H2. The number of para-hydroxylation sites is 1. The number of hydrazine groups is 1. The van der Waals surface area contributed by atoms with Gasteiger partial charge in [-0.25, -0.2) is 10.9 Å². The average Bonchev–Trinajstić information content (AvgIpc) is 2.93. The molecule has 110 valence electrons. The van der Waals surface area contributed by atoms with Crippen LogP contribution in [-0.4, -0.2) is 6.17 Å². The molecule has 0 aliphatic carbocycles. The second-order valence-corrected chi connectivity index (χ2v) is 5.57. The Bertz CT molecular complexity index is 603. The number of hydrogen-bond acceptors (Lipinski definition) is 4. The molecular formula is C16H18ClN3O. The van der Waals surface area contributed by atoms with Gasteiger partial charge in [0.05, 0.1) is 12.2 Å². The molecular weight excluding hydrogens is 286 g/mol. The number of hydrogen-bond donors (Lipinski definition) is 3. The molecule has 0 bridgehead atoms. The highest BCUT2D eigenvalue weighted by atomic mass is 35.5. The Balaban J connectivity index is 1.72. The Morgan fingerprint density at radius 1 is 1.10 bits per heavy atom. The molecule has 2 unspecified atom stereocenters. The van der Waals surface area contributed by atoms with Gasteiger partial charge in [-0.05, 0) is 30.2 Å². The first-order chi connectivity index (χ1) is 10.2. The van der Waals surface area contributed by atoms with Gasteiger partial charge in [0.25, 0.3) is 0 Å². The van der Waals surface area contributed by atoms with E-state index in [4.69, 9.17) is 22.1 Å². The van der Waals surface area contributed by atoms with Crippen molar-refractivity contribution in [2.45, 2.75) is 25.2 Å². The molecule has 2 atom stereocenters. The van der Waals surface area contributed by atoms with E-state index in [-0.39, 0.29) is 12.2 Å². The number of halogens is 1. The van der Waals surface area contributed by atoms with Crippen LogP contribution in [0.2, 0.25) is 5.02 Å². The quantitative estimate of drug-likeness (QED) is 0.813. The fraction of sp³-hybridized carbons (Fsp3) is 0.250. The van der Waals surface area contributed by atoms with Gasteiger partial charge in [-0.15, -0.1) is 0 Å². The van der Waals surface area contributed by atoms with E-state index in [9.17, 15) is 0 Å². The smallest absolute Gasteiger partial charge is 0.124 e. The molecule has 1 heterocycles. The lowest BCUT2D eigenvalue weighted by atomic mass is 10.0. The maximum Gasteiger partial charge on any atom is 0.124 e. The van der Waals surface area contributed by atoms with Crippen molar-refractivity contribution in [3.8, 4) is 5.75 Å². The fourth-order valence-corrected chi connectivity index (χ4v) is 2.55. The molecule has 0 amide bonds. The summed E-state index contributed by atoms with van der Waals surface area (Å²) >= 11 is 5.89. The number of benzene rings is 2. The van der Waals surface area contributed by atoms with Crippen LogP contribution in [0.3, 0.4) is 0 Å². The van der Waals surface area contributed by atoms with Crippen molar-refractivity contribution in [2.24, 2.45) is 5.73 Å². The zero-order valence-corrected chi connectivity index (χ0v) is 12.3. The highest BCUT2D eigenvalue weighted by molar-refractivity contribution is 6.30. The SMILES string of the molecule is NC1CC(c2ccccc2OCc2ccc(Cl)cc2)NN1. The Labute approximate surface area is 129 Å². The van der Waals surface area contributed by atoms with Gasteiger partial charge in [0.15, 0.2) is 0 Å². The van der Waals surface area contributed by atoms with E-state index in [1.807, 2.05) is 42.5 Å². The van der Waals surface area contributed by atoms with Crippen LogP contribution in [0.5, 0.6) is 5.75 Å². The van der Waals surface area contributed by atoms with Crippen molar-refractivity contribution in [1.29, 1.82) is 0 Å². The van der Waals surface area contributed by atoms with Gasteiger partial charge >= 0.3 is 0 Å². The summed E-state index contributed by atoms with van der Waals surface area (Å²) < 4.78 is 5.96. The number of rotatable bonds is 4. The third-order valence-electron chi connectivity index (χ3n) is 3.53. The van der Waals surface area contributed by atoms with E-state index in [1.165, 1.54) is 0 Å². The zero-order valence-electron chi connectivity index (χ0n) is 11.6. The molecule has 1 saturated heterocycles. The normalized spacial score (nSPS) is 21.4. The predicted molar refractivity (Wildman–Crippen MR) is 83.8 cm³/mol. The molecule has 21 heavy (non-hydrogen) atoms. The molecule has 0 aromatic heterocycles. The van der Waals surface area contributed by atoms with Gasteiger partial charge in [-0.2, -0.15) is 0 Å². The van der Waals surface area contributed by atoms with Crippen molar-refractivity contribution in [1.82, 2.24) is 10.9 Å². The molecule has 0 saturated carbocycles. The van der Waals surface area contributed by atoms with Gasteiger partial charge in [0.1, 0.15) is 12.4 Å². The summed E-state index contributed by atoms with van der Waals surface area (Å²) in [6, 6.07) is 15.9. The van der Waals surface area contributed by atoms with E-state index >= 15 is 0 Å². The van der Waals surface area contributed by atoms with Crippen LogP contribution in [0.4, 0.5) is 0 Å². The summed E-state index contributed by atoms with van der Waals surface area (Å²) in [5, 5.41) is 0.731. The Kier molecular flexibility index (Phi) is 4.41. The van der Waals surface area contributed by atoms with Gasteiger partial charge in [-0.3, -0.25) is 0 Å². The zero-order chi connectivity index (χ0) is 14.7. The second-order valence-electron chi connectivity index (χ2n) is 5.14. The first-order valence-corrected chi connectivity index (χ1v) is 7.33. The molecule has 2 aromatic carbocycles. The number of ether oxygens (including phenoxy) is 1. The van der Waals surface area contributed by atoms with Crippen LogP contribution >= 0.6 is 11.6 Å². The predicted octanol–water partition coefficient (Wildman–Crippen LogP) is 2.74. The van der Waals surface area contributed by atoms with E-state index in [2.05, 4.69) is 16.9 Å². The molecule has 1 aliphatic heterocycles. The third-order valence-corrected chi connectivity index (χ3v) is 3.79. The van der Waals surface area contributed by atoms with Crippen LogP contribution < -0.4 is 21.3 Å². The van der Waals surface area contributed by atoms with Crippen LogP contribution in [0.1, 0.15) is 23.6 Å². The summed E-state index contributed by atoms with van der Waals surface area (Å²) in [5.41, 5.74) is 14.3. The molecule has 0 spiro atoms. The first kappa shape index (κ1) is 14.4. The lowest BCUT2D eigenvalue weighted by Crippen LogP contribution is -2.36. The Morgan fingerprint density at radius 2 is 1.86 bits per heavy atom. The summed E-state index contributed by atoms with van der Waals surface area (Å²) in [4.78, 5) is 0. The summed E-state index contributed by atoms with van der Waals surface area (Å²) in [6.45, 7) is 0.514. The minimum Gasteiger partial charge on any atom is -0.489 e. The molecule has 0 radical (unpaired) electrons. The van der Waals surface area contributed by atoms with E-state index in [1.54, 1.807) is 0 Å². The minimum atomic E-state index is -0.0284. The van der Waals surface area contributed by atoms with Crippen LogP contribution in [0, 0.1) is 0 Å².